The maximum Gasteiger partial charge on any atom is 0.0371 e. The van der Waals surface area contributed by atoms with Crippen molar-refractivity contribution in [3.8, 4) is 0 Å². The van der Waals surface area contributed by atoms with Crippen LogP contribution in [0.1, 0.15) is 32.3 Å². The van der Waals surface area contributed by atoms with Gasteiger partial charge in [-0.2, -0.15) is 0 Å². The second-order valence-corrected chi connectivity index (χ2v) is 5.28. The van der Waals surface area contributed by atoms with Crippen LogP contribution < -0.4 is 11.1 Å². The Balaban J connectivity index is 2.22. The van der Waals surface area contributed by atoms with Crippen molar-refractivity contribution < 1.29 is 0 Å². The highest BCUT2D eigenvalue weighted by Crippen LogP contribution is 2.17. The molecule has 0 radical (unpaired) electrons. The Labute approximate surface area is 111 Å². The molecule has 0 heterocycles. The third-order valence-electron chi connectivity index (χ3n) is 3.39. The average molecular weight is 249 g/mol. The molecule has 3 N–H and O–H groups in total. The predicted molar refractivity (Wildman–Crippen MR) is 81.1 cm³/mol. The summed E-state index contributed by atoms with van der Waals surface area (Å²) in [5.74, 6) is 0. The zero-order valence-corrected chi connectivity index (χ0v) is 12.2. The van der Waals surface area contributed by atoms with Crippen LogP contribution in [0.4, 0.5) is 11.4 Å². The smallest absolute Gasteiger partial charge is 0.0371 e. The van der Waals surface area contributed by atoms with Crippen molar-refractivity contribution in [1.29, 1.82) is 0 Å². The highest BCUT2D eigenvalue weighted by Gasteiger charge is 2.02. The number of hydrogen-bond acceptors (Lipinski definition) is 3. The van der Waals surface area contributed by atoms with E-state index in [2.05, 4.69) is 44.1 Å². The van der Waals surface area contributed by atoms with Gasteiger partial charge in [-0.05, 0) is 71.0 Å². The van der Waals surface area contributed by atoms with Crippen molar-refractivity contribution in [1.82, 2.24) is 4.90 Å². The van der Waals surface area contributed by atoms with E-state index in [9.17, 15) is 0 Å². The number of nitrogens with one attached hydrogen (secondary N) is 1. The van der Waals surface area contributed by atoms with Crippen LogP contribution in [0.3, 0.4) is 0 Å². The number of anilines is 2. The summed E-state index contributed by atoms with van der Waals surface area (Å²) in [5.41, 5.74) is 8.98. The Morgan fingerprint density at radius 1 is 1.28 bits per heavy atom. The van der Waals surface area contributed by atoms with E-state index in [-0.39, 0.29) is 0 Å². The van der Waals surface area contributed by atoms with Crippen molar-refractivity contribution in [3.05, 3.63) is 23.8 Å². The minimum absolute atomic E-state index is 0.636. The Morgan fingerprint density at radius 2 is 2.00 bits per heavy atom. The van der Waals surface area contributed by atoms with E-state index in [4.69, 9.17) is 5.73 Å². The quantitative estimate of drug-likeness (QED) is 0.576. The van der Waals surface area contributed by atoms with Gasteiger partial charge in [0.2, 0.25) is 0 Å². The van der Waals surface area contributed by atoms with Gasteiger partial charge in [-0.15, -0.1) is 0 Å². The summed E-state index contributed by atoms with van der Waals surface area (Å²) in [7, 11) is 2.18. The molecule has 102 valence electrons. The molecule has 0 spiro atoms. The summed E-state index contributed by atoms with van der Waals surface area (Å²) in [5, 5.41) is 3.47. The molecule has 0 aliphatic rings. The Morgan fingerprint density at radius 3 is 2.61 bits per heavy atom. The summed E-state index contributed by atoms with van der Waals surface area (Å²) < 4.78 is 0. The molecule has 1 aromatic carbocycles. The fourth-order valence-corrected chi connectivity index (χ4v) is 1.85. The lowest BCUT2D eigenvalue weighted by atomic mass is 10.1. The maximum atomic E-state index is 5.73. The molecular formula is C15H27N3. The molecule has 0 saturated heterocycles. The van der Waals surface area contributed by atoms with Gasteiger partial charge in [-0.1, -0.05) is 0 Å². The minimum atomic E-state index is 0.636. The normalized spacial score (nSPS) is 11.2. The van der Waals surface area contributed by atoms with Gasteiger partial charge in [0.1, 0.15) is 0 Å². The molecule has 0 unspecified atom stereocenters. The van der Waals surface area contributed by atoms with E-state index in [1.165, 1.54) is 30.6 Å². The van der Waals surface area contributed by atoms with Crippen molar-refractivity contribution in [2.24, 2.45) is 0 Å². The molecule has 0 aliphatic carbocycles. The van der Waals surface area contributed by atoms with Crippen molar-refractivity contribution in [3.63, 3.8) is 0 Å². The van der Waals surface area contributed by atoms with Crippen LogP contribution in [-0.2, 0) is 0 Å². The predicted octanol–water partition coefficient (Wildman–Crippen LogP) is 3.11. The van der Waals surface area contributed by atoms with E-state index in [1.807, 2.05) is 12.1 Å². The minimum Gasteiger partial charge on any atom is -0.399 e. The summed E-state index contributed by atoms with van der Waals surface area (Å²) >= 11 is 0. The monoisotopic (exact) mass is 249 g/mol. The summed E-state index contributed by atoms with van der Waals surface area (Å²) in [6, 6.07) is 6.65. The lowest BCUT2D eigenvalue weighted by Crippen LogP contribution is -2.27. The van der Waals surface area contributed by atoms with Crippen molar-refractivity contribution in [2.45, 2.75) is 39.7 Å². The van der Waals surface area contributed by atoms with Gasteiger partial charge in [-0.3, -0.25) is 0 Å². The van der Waals surface area contributed by atoms with Crippen molar-refractivity contribution >= 4 is 11.4 Å². The molecule has 0 bridgehead atoms. The highest BCUT2D eigenvalue weighted by molar-refractivity contribution is 5.57. The largest absolute Gasteiger partial charge is 0.399 e. The zero-order chi connectivity index (χ0) is 13.5. The molecule has 3 nitrogen and oxygen atoms in total. The molecule has 0 aliphatic heterocycles. The average Bonchev–Trinajstić information content (AvgIpc) is 2.30. The summed E-state index contributed by atoms with van der Waals surface area (Å²) in [6.45, 7) is 8.74. The van der Waals surface area contributed by atoms with E-state index in [0.717, 1.165) is 12.2 Å². The van der Waals surface area contributed by atoms with Gasteiger partial charge in [0.15, 0.2) is 0 Å². The number of nitrogens with zero attached hydrogens (tertiary/aromatic N) is 1. The zero-order valence-electron chi connectivity index (χ0n) is 12.2. The second kappa shape index (κ2) is 7.27. The lowest BCUT2D eigenvalue weighted by molar-refractivity contribution is 0.269. The summed E-state index contributed by atoms with van der Waals surface area (Å²) in [4.78, 5) is 2.38. The Hall–Kier alpha value is -1.22. The van der Waals surface area contributed by atoms with Crippen LogP contribution in [0.25, 0.3) is 0 Å². The van der Waals surface area contributed by atoms with Gasteiger partial charge >= 0.3 is 0 Å². The lowest BCUT2D eigenvalue weighted by Gasteiger charge is -2.20. The van der Waals surface area contributed by atoms with Crippen LogP contribution in [0.2, 0.25) is 0 Å². The number of rotatable bonds is 7. The van der Waals surface area contributed by atoms with Crippen LogP contribution in [-0.4, -0.2) is 31.1 Å². The Bertz CT molecular complexity index is 361. The molecular weight excluding hydrogens is 222 g/mol. The molecule has 1 aromatic rings. The molecule has 18 heavy (non-hydrogen) atoms. The highest BCUT2D eigenvalue weighted by atomic mass is 15.1. The van der Waals surface area contributed by atoms with Crippen LogP contribution in [0.5, 0.6) is 0 Å². The van der Waals surface area contributed by atoms with Crippen LogP contribution >= 0.6 is 0 Å². The number of unbranched alkanes of at least 4 members (excludes halogenated alkanes) is 1. The van der Waals surface area contributed by atoms with E-state index < -0.39 is 0 Å². The molecule has 1 rings (SSSR count). The first-order valence-electron chi connectivity index (χ1n) is 6.81. The van der Waals surface area contributed by atoms with Gasteiger partial charge in [0, 0.05) is 24.0 Å². The van der Waals surface area contributed by atoms with Crippen LogP contribution in [0, 0.1) is 6.92 Å². The third kappa shape index (κ3) is 4.96. The first-order valence-corrected chi connectivity index (χ1v) is 6.81. The molecule has 0 atom stereocenters. The molecule has 0 aromatic heterocycles. The topological polar surface area (TPSA) is 41.3 Å². The molecule has 0 amide bonds. The van der Waals surface area contributed by atoms with E-state index in [0.29, 0.717) is 6.04 Å². The standard InChI is InChI=1S/C15H27N3/c1-12(2)18(4)10-6-5-9-17-15-8-7-14(16)11-13(15)3/h7-8,11-12,17H,5-6,9-10,16H2,1-4H3. The van der Waals surface area contributed by atoms with Gasteiger partial charge in [0.05, 0.1) is 0 Å². The first kappa shape index (κ1) is 14.8. The molecule has 3 heteroatoms. The van der Waals surface area contributed by atoms with Gasteiger partial charge < -0.3 is 16.0 Å². The molecule has 0 saturated carbocycles. The SMILES string of the molecule is Cc1cc(N)ccc1NCCCCN(C)C(C)C. The van der Waals surface area contributed by atoms with Gasteiger partial charge in [-0.25, -0.2) is 0 Å². The fourth-order valence-electron chi connectivity index (χ4n) is 1.85. The number of nitrogen functional groups attached to an aromatic ring is 1. The van der Waals surface area contributed by atoms with E-state index in [1.54, 1.807) is 0 Å². The van der Waals surface area contributed by atoms with Gasteiger partial charge in [0.25, 0.3) is 0 Å². The van der Waals surface area contributed by atoms with Crippen LogP contribution in [0.15, 0.2) is 18.2 Å². The number of aryl methyl sites for hydroxylation is 1. The number of nitrogens with two attached hydrogens (primary N) is 1. The number of hydrogen-bond donors (Lipinski definition) is 2. The van der Waals surface area contributed by atoms with E-state index >= 15 is 0 Å². The summed E-state index contributed by atoms with van der Waals surface area (Å²) in [6.07, 6.45) is 2.43. The number of benzene rings is 1. The third-order valence-corrected chi connectivity index (χ3v) is 3.39. The molecule has 0 fully saturated rings. The Kier molecular flexibility index (Phi) is 5.99. The van der Waals surface area contributed by atoms with Crippen molar-refractivity contribution in [2.75, 3.05) is 31.2 Å². The maximum absolute atomic E-state index is 5.73. The first-order chi connectivity index (χ1) is 8.50. The second-order valence-electron chi connectivity index (χ2n) is 5.28. The fraction of sp³-hybridized carbons (Fsp3) is 0.600.